The minimum atomic E-state index is 0.582. The van der Waals surface area contributed by atoms with Crippen LogP contribution in [0.2, 0.25) is 0 Å². The topological polar surface area (TPSA) is 32.3 Å². The Labute approximate surface area is 127 Å². The SMILES string of the molecule is c1cnc(N2CCC3(CCCN(CC4CC4)C3)CC2)nc1. The summed E-state index contributed by atoms with van der Waals surface area (Å²) in [6, 6.07) is 1.89. The molecule has 3 aliphatic rings. The molecule has 0 bridgehead atoms. The van der Waals surface area contributed by atoms with Crippen LogP contribution in [0.25, 0.3) is 0 Å². The lowest BCUT2D eigenvalue weighted by atomic mass is 9.72. The van der Waals surface area contributed by atoms with E-state index >= 15 is 0 Å². The predicted molar refractivity (Wildman–Crippen MR) is 84.3 cm³/mol. The van der Waals surface area contributed by atoms with Crippen LogP contribution in [0.3, 0.4) is 0 Å². The molecule has 0 N–H and O–H groups in total. The second kappa shape index (κ2) is 5.56. The zero-order chi connectivity index (χ0) is 14.1. The van der Waals surface area contributed by atoms with E-state index in [1.165, 1.54) is 58.2 Å². The molecule has 21 heavy (non-hydrogen) atoms. The maximum absolute atomic E-state index is 4.40. The fourth-order valence-corrected chi connectivity index (χ4v) is 4.18. The van der Waals surface area contributed by atoms with Gasteiger partial charge in [-0.25, -0.2) is 9.97 Å². The van der Waals surface area contributed by atoms with Gasteiger partial charge in [0.25, 0.3) is 0 Å². The molecule has 1 saturated carbocycles. The van der Waals surface area contributed by atoms with Gasteiger partial charge in [0.2, 0.25) is 5.95 Å². The highest BCUT2D eigenvalue weighted by molar-refractivity contribution is 5.29. The Hall–Kier alpha value is -1.16. The minimum absolute atomic E-state index is 0.582. The maximum atomic E-state index is 4.40. The smallest absolute Gasteiger partial charge is 0.225 e. The number of aromatic nitrogens is 2. The highest BCUT2D eigenvalue weighted by Crippen LogP contribution is 2.41. The van der Waals surface area contributed by atoms with Gasteiger partial charge < -0.3 is 9.80 Å². The van der Waals surface area contributed by atoms with Crippen LogP contribution in [0.5, 0.6) is 0 Å². The molecule has 0 atom stereocenters. The summed E-state index contributed by atoms with van der Waals surface area (Å²) >= 11 is 0. The zero-order valence-electron chi connectivity index (χ0n) is 12.9. The molecule has 1 spiro atoms. The van der Waals surface area contributed by atoms with Crippen molar-refractivity contribution in [3.8, 4) is 0 Å². The number of hydrogen-bond acceptors (Lipinski definition) is 4. The average molecular weight is 286 g/mol. The molecule has 1 aromatic rings. The summed E-state index contributed by atoms with van der Waals surface area (Å²) in [6.07, 6.45) is 12.1. The number of hydrogen-bond donors (Lipinski definition) is 0. The molecule has 0 aromatic carbocycles. The fourth-order valence-electron chi connectivity index (χ4n) is 4.18. The third-order valence-electron chi connectivity index (χ3n) is 5.61. The highest BCUT2D eigenvalue weighted by atomic mass is 15.3. The first-order valence-corrected chi connectivity index (χ1v) is 8.57. The van der Waals surface area contributed by atoms with Gasteiger partial charge >= 0.3 is 0 Å². The van der Waals surface area contributed by atoms with Crippen LogP contribution in [-0.4, -0.2) is 47.6 Å². The van der Waals surface area contributed by atoms with Crippen LogP contribution in [0.15, 0.2) is 18.5 Å². The Morgan fingerprint density at radius 1 is 1.05 bits per heavy atom. The minimum Gasteiger partial charge on any atom is -0.341 e. The van der Waals surface area contributed by atoms with Crippen molar-refractivity contribution in [3.63, 3.8) is 0 Å². The standard InChI is InChI=1S/C17H26N4/c1-5-17(14-20(10-1)13-15-3-4-15)6-11-21(12-7-17)16-18-8-2-9-19-16/h2,8-9,15H,1,3-7,10-14H2. The fraction of sp³-hybridized carbons (Fsp3) is 0.765. The molecular formula is C17H26N4. The molecule has 4 heteroatoms. The Bertz CT molecular complexity index is 463. The number of nitrogens with zero attached hydrogens (tertiary/aromatic N) is 4. The van der Waals surface area contributed by atoms with Crippen LogP contribution >= 0.6 is 0 Å². The average Bonchev–Trinajstić information content (AvgIpc) is 3.33. The Morgan fingerprint density at radius 3 is 2.52 bits per heavy atom. The summed E-state index contributed by atoms with van der Waals surface area (Å²) in [7, 11) is 0. The molecule has 0 amide bonds. The van der Waals surface area contributed by atoms with Crippen LogP contribution in [0.4, 0.5) is 5.95 Å². The van der Waals surface area contributed by atoms with E-state index in [0.717, 1.165) is 25.0 Å². The van der Waals surface area contributed by atoms with Gasteiger partial charge in [0.05, 0.1) is 0 Å². The first-order valence-electron chi connectivity index (χ1n) is 8.57. The number of piperidine rings is 2. The summed E-state index contributed by atoms with van der Waals surface area (Å²) in [5, 5.41) is 0. The van der Waals surface area contributed by atoms with Gasteiger partial charge in [-0.1, -0.05) is 0 Å². The summed E-state index contributed by atoms with van der Waals surface area (Å²) in [6.45, 7) is 6.30. The molecule has 2 saturated heterocycles. The number of rotatable bonds is 3. The van der Waals surface area contributed by atoms with Crippen molar-refractivity contribution in [1.82, 2.24) is 14.9 Å². The third-order valence-corrected chi connectivity index (χ3v) is 5.61. The molecule has 4 rings (SSSR count). The van der Waals surface area contributed by atoms with Gasteiger partial charge in [-0.2, -0.15) is 0 Å². The van der Waals surface area contributed by atoms with Crippen molar-refractivity contribution in [2.75, 3.05) is 37.6 Å². The lowest BCUT2D eigenvalue weighted by molar-refractivity contribution is 0.0622. The molecule has 3 heterocycles. The van der Waals surface area contributed by atoms with Gasteiger partial charge in [-0.05, 0) is 62.5 Å². The lowest BCUT2D eigenvalue weighted by Crippen LogP contribution is -2.50. The van der Waals surface area contributed by atoms with Crippen LogP contribution in [-0.2, 0) is 0 Å². The molecule has 0 radical (unpaired) electrons. The lowest BCUT2D eigenvalue weighted by Gasteiger charge is -2.47. The summed E-state index contributed by atoms with van der Waals surface area (Å²) in [5.41, 5.74) is 0.582. The van der Waals surface area contributed by atoms with Crippen molar-refractivity contribution in [3.05, 3.63) is 18.5 Å². The molecule has 0 unspecified atom stereocenters. The van der Waals surface area contributed by atoms with E-state index in [0.29, 0.717) is 5.41 Å². The monoisotopic (exact) mass is 286 g/mol. The van der Waals surface area contributed by atoms with E-state index in [2.05, 4.69) is 19.8 Å². The van der Waals surface area contributed by atoms with E-state index in [1.54, 1.807) is 0 Å². The molecule has 1 aromatic heterocycles. The molecule has 114 valence electrons. The molecule has 4 nitrogen and oxygen atoms in total. The van der Waals surface area contributed by atoms with Crippen molar-refractivity contribution in [2.45, 2.75) is 38.5 Å². The normalized spacial score (nSPS) is 26.2. The molecule has 1 aliphatic carbocycles. The summed E-state index contributed by atoms with van der Waals surface area (Å²) in [4.78, 5) is 13.9. The maximum Gasteiger partial charge on any atom is 0.225 e. The van der Waals surface area contributed by atoms with E-state index < -0.39 is 0 Å². The van der Waals surface area contributed by atoms with Gasteiger partial charge in [-0.3, -0.25) is 0 Å². The molecule has 2 aliphatic heterocycles. The number of anilines is 1. The van der Waals surface area contributed by atoms with E-state index in [-0.39, 0.29) is 0 Å². The Morgan fingerprint density at radius 2 is 1.81 bits per heavy atom. The third kappa shape index (κ3) is 3.05. The number of likely N-dealkylation sites (tertiary alicyclic amines) is 1. The summed E-state index contributed by atoms with van der Waals surface area (Å²) < 4.78 is 0. The van der Waals surface area contributed by atoms with E-state index in [1.807, 2.05) is 18.5 Å². The first-order chi connectivity index (χ1) is 10.3. The summed E-state index contributed by atoms with van der Waals surface area (Å²) in [5.74, 6) is 1.94. The zero-order valence-corrected chi connectivity index (χ0v) is 12.9. The van der Waals surface area contributed by atoms with Gasteiger partial charge in [0, 0.05) is 38.6 Å². The molecular weight excluding hydrogens is 260 g/mol. The van der Waals surface area contributed by atoms with E-state index in [9.17, 15) is 0 Å². The van der Waals surface area contributed by atoms with Gasteiger partial charge in [0.15, 0.2) is 0 Å². The van der Waals surface area contributed by atoms with Gasteiger partial charge in [-0.15, -0.1) is 0 Å². The Balaban J connectivity index is 1.37. The van der Waals surface area contributed by atoms with Crippen molar-refractivity contribution < 1.29 is 0 Å². The largest absolute Gasteiger partial charge is 0.341 e. The van der Waals surface area contributed by atoms with Crippen molar-refractivity contribution >= 4 is 5.95 Å². The van der Waals surface area contributed by atoms with E-state index in [4.69, 9.17) is 0 Å². The van der Waals surface area contributed by atoms with Crippen molar-refractivity contribution in [1.29, 1.82) is 0 Å². The van der Waals surface area contributed by atoms with Crippen molar-refractivity contribution in [2.24, 2.45) is 11.3 Å². The van der Waals surface area contributed by atoms with Crippen LogP contribution in [0.1, 0.15) is 38.5 Å². The van der Waals surface area contributed by atoms with Gasteiger partial charge in [0.1, 0.15) is 0 Å². The predicted octanol–water partition coefficient (Wildman–Crippen LogP) is 2.57. The second-order valence-electron chi connectivity index (χ2n) is 7.32. The first kappa shape index (κ1) is 13.5. The van der Waals surface area contributed by atoms with Crippen LogP contribution in [0, 0.1) is 11.3 Å². The Kier molecular flexibility index (Phi) is 3.57. The second-order valence-corrected chi connectivity index (χ2v) is 7.32. The molecule has 3 fully saturated rings. The quantitative estimate of drug-likeness (QED) is 0.855. The van der Waals surface area contributed by atoms with Crippen LogP contribution < -0.4 is 4.90 Å². The highest BCUT2D eigenvalue weighted by Gasteiger charge is 2.39.